The Hall–Kier alpha value is -3.02. The third kappa shape index (κ3) is 4.06. The second kappa shape index (κ2) is 8.15. The molecule has 4 nitrogen and oxygen atoms in total. The predicted octanol–water partition coefficient (Wildman–Crippen LogP) is 4.53. The molecular weight excluding hydrogens is 372 g/mol. The van der Waals surface area contributed by atoms with Crippen LogP contribution in [0.25, 0.3) is 22.2 Å². The van der Waals surface area contributed by atoms with Gasteiger partial charge in [-0.15, -0.1) is 0 Å². The van der Waals surface area contributed by atoms with Crippen molar-refractivity contribution in [1.82, 2.24) is 10.3 Å². The molecule has 0 unspecified atom stereocenters. The monoisotopic (exact) mass is 395 g/mol. The Bertz CT molecular complexity index is 1030. The van der Waals surface area contributed by atoms with Crippen LogP contribution in [0, 0.1) is 17.6 Å². The van der Waals surface area contributed by atoms with E-state index in [1.54, 1.807) is 18.2 Å². The van der Waals surface area contributed by atoms with Crippen LogP contribution in [0.5, 0.6) is 0 Å². The zero-order valence-corrected chi connectivity index (χ0v) is 16.3. The summed E-state index contributed by atoms with van der Waals surface area (Å²) >= 11 is 0. The molecule has 0 bridgehead atoms. The summed E-state index contributed by atoms with van der Waals surface area (Å²) in [5.74, 6) is -0.506. The summed E-state index contributed by atoms with van der Waals surface area (Å²) in [4.78, 5) is 19.0. The number of carbonyl (C=O) groups is 1. The normalized spacial score (nSPS) is 14.9. The van der Waals surface area contributed by atoms with Crippen LogP contribution in [-0.4, -0.2) is 30.5 Å². The fourth-order valence-corrected chi connectivity index (χ4v) is 3.91. The molecule has 1 saturated heterocycles. The minimum atomic E-state index is -0.313. The number of pyridine rings is 1. The lowest BCUT2D eigenvalue weighted by Crippen LogP contribution is -2.40. The van der Waals surface area contributed by atoms with Crippen LogP contribution in [-0.2, 0) is 4.79 Å². The Labute approximate surface area is 168 Å². The second-order valence-electron chi connectivity index (χ2n) is 7.35. The number of amides is 1. The van der Waals surface area contributed by atoms with Crippen LogP contribution in [0.15, 0.2) is 48.5 Å². The number of nitrogens with zero attached hydrogens (tertiary/aromatic N) is 2. The number of benzene rings is 2. The van der Waals surface area contributed by atoms with Gasteiger partial charge in [-0.3, -0.25) is 4.79 Å². The topological polar surface area (TPSA) is 45.2 Å². The molecule has 2 aromatic carbocycles. The van der Waals surface area contributed by atoms with E-state index >= 15 is 0 Å². The molecule has 1 N–H and O–H groups in total. The van der Waals surface area contributed by atoms with Crippen molar-refractivity contribution in [2.75, 3.05) is 24.5 Å². The predicted molar refractivity (Wildman–Crippen MR) is 111 cm³/mol. The zero-order chi connectivity index (χ0) is 20.4. The van der Waals surface area contributed by atoms with E-state index in [9.17, 15) is 13.6 Å². The summed E-state index contributed by atoms with van der Waals surface area (Å²) < 4.78 is 27.3. The van der Waals surface area contributed by atoms with E-state index in [-0.39, 0.29) is 23.5 Å². The molecular formula is C23H23F2N3O. The summed E-state index contributed by atoms with van der Waals surface area (Å²) in [6, 6.07) is 12.7. The Morgan fingerprint density at radius 3 is 2.45 bits per heavy atom. The lowest BCUT2D eigenvalue weighted by Gasteiger charge is -2.34. The van der Waals surface area contributed by atoms with Crippen molar-refractivity contribution in [3.05, 3.63) is 60.2 Å². The molecule has 0 spiro atoms. The number of carbonyl (C=O) groups excluding carboxylic acids is 1. The number of hydrogen-bond donors (Lipinski definition) is 1. The van der Waals surface area contributed by atoms with E-state index in [2.05, 4.69) is 15.2 Å². The molecule has 1 fully saturated rings. The first-order valence-electron chi connectivity index (χ1n) is 9.94. The molecule has 3 aromatic rings. The van der Waals surface area contributed by atoms with Crippen LogP contribution in [0.2, 0.25) is 0 Å². The Morgan fingerprint density at radius 2 is 1.76 bits per heavy atom. The highest BCUT2D eigenvalue weighted by Crippen LogP contribution is 2.34. The van der Waals surface area contributed by atoms with Crippen LogP contribution in [0.1, 0.15) is 19.8 Å². The number of piperidine rings is 1. The quantitative estimate of drug-likeness (QED) is 0.706. The lowest BCUT2D eigenvalue weighted by atomic mass is 9.95. The maximum atomic E-state index is 14.0. The molecule has 1 aromatic heterocycles. The Kier molecular flexibility index (Phi) is 5.43. The zero-order valence-electron chi connectivity index (χ0n) is 16.3. The third-order valence-electron chi connectivity index (χ3n) is 5.45. The van der Waals surface area contributed by atoms with E-state index < -0.39 is 0 Å². The largest absolute Gasteiger partial charge is 0.371 e. The van der Waals surface area contributed by atoms with Crippen molar-refractivity contribution in [3.63, 3.8) is 0 Å². The molecule has 0 radical (unpaired) electrons. The maximum absolute atomic E-state index is 14.0. The average molecular weight is 395 g/mol. The van der Waals surface area contributed by atoms with E-state index in [0.717, 1.165) is 29.5 Å². The number of rotatable bonds is 4. The fraction of sp³-hybridized carbons (Fsp3) is 0.304. The van der Waals surface area contributed by atoms with Gasteiger partial charge in [-0.1, -0.05) is 0 Å². The van der Waals surface area contributed by atoms with Crippen molar-refractivity contribution in [1.29, 1.82) is 0 Å². The van der Waals surface area contributed by atoms with Gasteiger partial charge in [0.2, 0.25) is 5.91 Å². The molecule has 1 aliphatic rings. The van der Waals surface area contributed by atoms with Crippen LogP contribution >= 0.6 is 0 Å². The summed E-state index contributed by atoms with van der Waals surface area (Å²) in [5, 5.41) is 3.64. The van der Waals surface area contributed by atoms with E-state index in [0.29, 0.717) is 30.8 Å². The van der Waals surface area contributed by atoms with Crippen LogP contribution < -0.4 is 10.2 Å². The summed E-state index contributed by atoms with van der Waals surface area (Å²) in [6.07, 6.45) is 1.49. The number of anilines is 1. The van der Waals surface area contributed by atoms with E-state index in [1.807, 2.05) is 13.0 Å². The van der Waals surface area contributed by atoms with Gasteiger partial charge < -0.3 is 10.2 Å². The average Bonchev–Trinajstić information content (AvgIpc) is 2.74. The molecule has 0 saturated carbocycles. The van der Waals surface area contributed by atoms with Gasteiger partial charge in [0, 0.05) is 42.2 Å². The smallest absolute Gasteiger partial charge is 0.223 e. The fourth-order valence-electron chi connectivity index (χ4n) is 3.91. The molecule has 4 rings (SSSR count). The highest BCUT2D eigenvalue weighted by molar-refractivity contribution is 5.94. The molecule has 0 atom stereocenters. The Morgan fingerprint density at radius 1 is 1.07 bits per heavy atom. The van der Waals surface area contributed by atoms with Gasteiger partial charge in [-0.05, 0) is 68.3 Å². The summed E-state index contributed by atoms with van der Waals surface area (Å²) in [7, 11) is 0. The number of aromatic nitrogens is 1. The standard InChI is InChI=1S/C23H23F2N3O/c1-2-26-23(29)16-9-11-28(12-10-16)22-14-21(15-3-5-17(24)6-4-15)27-20-8-7-18(25)13-19(20)22/h3-8,13-14,16H,2,9-12H2,1H3,(H,26,29). The second-order valence-corrected chi connectivity index (χ2v) is 7.35. The first-order chi connectivity index (χ1) is 14.0. The highest BCUT2D eigenvalue weighted by Gasteiger charge is 2.26. The van der Waals surface area contributed by atoms with E-state index in [4.69, 9.17) is 0 Å². The SMILES string of the molecule is CCNC(=O)C1CCN(c2cc(-c3ccc(F)cc3)nc3ccc(F)cc23)CC1. The molecule has 150 valence electrons. The van der Waals surface area contributed by atoms with Crippen molar-refractivity contribution in [2.45, 2.75) is 19.8 Å². The molecule has 2 heterocycles. The van der Waals surface area contributed by atoms with Crippen molar-refractivity contribution in [3.8, 4) is 11.3 Å². The van der Waals surface area contributed by atoms with Gasteiger partial charge in [0.25, 0.3) is 0 Å². The van der Waals surface area contributed by atoms with Gasteiger partial charge >= 0.3 is 0 Å². The van der Waals surface area contributed by atoms with Gasteiger partial charge in [0.05, 0.1) is 11.2 Å². The Balaban J connectivity index is 1.70. The first kappa shape index (κ1) is 19.3. The molecule has 1 aliphatic heterocycles. The summed E-state index contributed by atoms with van der Waals surface area (Å²) in [6.45, 7) is 3.97. The van der Waals surface area contributed by atoms with Gasteiger partial charge in [-0.2, -0.15) is 0 Å². The summed E-state index contributed by atoms with van der Waals surface area (Å²) in [5.41, 5.74) is 3.10. The molecule has 6 heteroatoms. The van der Waals surface area contributed by atoms with Crippen LogP contribution in [0.3, 0.4) is 0 Å². The number of fused-ring (bicyclic) bond motifs is 1. The minimum absolute atomic E-state index is 0.00704. The minimum Gasteiger partial charge on any atom is -0.371 e. The number of halogens is 2. The molecule has 1 amide bonds. The number of hydrogen-bond acceptors (Lipinski definition) is 3. The van der Waals surface area contributed by atoms with Crippen molar-refractivity contribution in [2.24, 2.45) is 5.92 Å². The molecule has 0 aliphatic carbocycles. The maximum Gasteiger partial charge on any atom is 0.223 e. The lowest BCUT2D eigenvalue weighted by molar-refractivity contribution is -0.125. The van der Waals surface area contributed by atoms with Gasteiger partial charge in [0.15, 0.2) is 0 Å². The van der Waals surface area contributed by atoms with Crippen molar-refractivity contribution < 1.29 is 13.6 Å². The van der Waals surface area contributed by atoms with Gasteiger partial charge in [0.1, 0.15) is 11.6 Å². The first-order valence-corrected chi connectivity index (χ1v) is 9.94. The molecule has 29 heavy (non-hydrogen) atoms. The van der Waals surface area contributed by atoms with E-state index in [1.165, 1.54) is 24.3 Å². The third-order valence-corrected chi connectivity index (χ3v) is 5.45. The van der Waals surface area contributed by atoms with Crippen LogP contribution in [0.4, 0.5) is 14.5 Å². The number of nitrogens with one attached hydrogen (secondary N) is 1. The highest BCUT2D eigenvalue weighted by atomic mass is 19.1. The van der Waals surface area contributed by atoms with Crippen molar-refractivity contribution >= 4 is 22.5 Å². The van der Waals surface area contributed by atoms with Gasteiger partial charge in [-0.25, -0.2) is 13.8 Å².